The van der Waals surface area contributed by atoms with Crippen LogP contribution in [-0.2, 0) is 0 Å². The third-order valence-electron chi connectivity index (χ3n) is 7.30. The molecule has 0 heterocycles. The Labute approximate surface area is 238 Å². The van der Waals surface area contributed by atoms with Gasteiger partial charge in [-0.05, 0) is 85.0 Å². The summed E-state index contributed by atoms with van der Waals surface area (Å²) < 4.78 is 0. The molecule has 0 nitrogen and oxygen atoms in total. The molecule has 0 aromatic carbocycles. The van der Waals surface area contributed by atoms with Gasteiger partial charge in [-0.3, -0.25) is 0 Å². The molecule has 2 rings (SSSR count). The predicted molar refractivity (Wildman–Crippen MR) is 175 cm³/mol. The minimum absolute atomic E-state index is 0.0837. The second-order valence-corrected chi connectivity index (χ2v) is 12.2. The summed E-state index contributed by atoms with van der Waals surface area (Å²) >= 11 is 0. The maximum absolute atomic E-state index is 6.00. The van der Waals surface area contributed by atoms with E-state index in [1.54, 1.807) is 0 Å². The minimum atomic E-state index is 0.0837. The summed E-state index contributed by atoms with van der Waals surface area (Å²) in [6, 6.07) is 0. The molecule has 0 aliphatic heterocycles. The molecule has 0 radical (unpaired) electrons. The van der Waals surface area contributed by atoms with Gasteiger partial charge < -0.3 is 0 Å². The normalized spacial score (nSPS) is 19.7. The molecule has 0 fully saturated rings. The molecular formula is C38H58. The third-order valence-corrected chi connectivity index (χ3v) is 7.30. The van der Waals surface area contributed by atoms with Crippen molar-refractivity contribution in [3.63, 3.8) is 0 Å². The summed E-state index contributed by atoms with van der Waals surface area (Å²) in [5.74, 6) is 4.17. The van der Waals surface area contributed by atoms with Crippen molar-refractivity contribution in [3.05, 3.63) is 95.2 Å². The molecule has 0 spiro atoms. The van der Waals surface area contributed by atoms with E-state index < -0.39 is 0 Å². The van der Waals surface area contributed by atoms with Gasteiger partial charge in [-0.25, -0.2) is 0 Å². The van der Waals surface area contributed by atoms with Gasteiger partial charge >= 0.3 is 0 Å². The van der Waals surface area contributed by atoms with E-state index in [4.69, 9.17) is 6.42 Å². The molecule has 2 aliphatic carbocycles. The summed E-state index contributed by atoms with van der Waals surface area (Å²) in [4.78, 5) is 0. The average Bonchev–Trinajstić information content (AvgIpc) is 2.86. The van der Waals surface area contributed by atoms with Crippen LogP contribution in [0.1, 0.15) is 102 Å². The molecule has 0 aromatic rings. The summed E-state index contributed by atoms with van der Waals surface area (Å²) in [5.41, 5.74) is 7.06. The fourth-order valence-electron chi connectivity index (χ4n) is 4.33. The third kappa shape index (κ3) is 11.5. The molecule has 2 aliphatic rings. The summed E-state index contributed by atoms with van der Waals surface area (Å²) in [6.07, 6.45) is 31.6. The first kappa shape index (κ1) is 35.5. The smallest absolute Gasteiger partial charge is 0.0668 e. The zero-order valence-electron chi connectivity index (χ0n) is 26.9. The number of allylic oxidation sites excluding steroid dienone is 15. The molecule has 0 saturated carbocycles. The average molecular weight is 515 g/mol. The molecule has 0 amide bonds. The quantitative estimate of drug-likeness (QED) is 0.188. The van der Waals surface area contributed by atoms with Gasteiger partial charge in [-0.2, -0.15) is 0 Å². The fourth-order valence-corrected chi connectivity index (χ4v) is 4.33. The fraction of sp³-hybridized carbons (Fsp3) is 0.526. The lowest BCUT2D eigenvalue weighted by atomic mass is 9.72. The Kier molecular flexibility index (Phi) is 16.0. The van der Waals surface area contributed by atoms with E-state index in [2.05, 4.69) is 142 Å². The zero-order valence-corrected chi connectivity index (χ0v) is 26.9. The van der Waals surface area contributed by atoms with Crippen LogP contribution in [0.4, 0.5) is 0 Å². The Morgan fingerprint density at radius 1 is 1.03 bits per heavy atom. The lowest BCUT2D eigenvalue weighted by Crippen LogP contribution is -2.21. The highest BCUT2D eigenvalue weighted by Crippen LogP contribution is 2.40. The van der Waals surface area contributed by atoms with Gasteiger partial charge in [0.1, 0.15) is 0 Å². The van der Waals surface area contributed by atoms with Crippen LogP contribution in [0.15, 0.2) is 95.2 Å². The monoisotopic (exact) mass is 514 g/mol. The van der Waals surface area contributed by atoms with E-state index in [9.17, 15) is 0 Å². The predicted octanol–water partition coefficient (Wildman–Crippen LogP) is 11.8. The van der Waals surface area contributed by atoms with E-state index in [1.165, 1.54) is 27.9 Å². The topological polar surface area (TPSA) is 0 Å². The second kappa shape index (κ2) is 17.1. The van der Waals surface area contributed by atoms with Crippen LogP contribution in [0.3, 0.4) is 0 Å². The van der Waals surface area contributed by atoms with E-state index in [0.29, 0.717) is 11.8 Å². The first-order valence-electron chi connectivity index (χ1n) is 14.6. The van der Waals surface area contributed by atoms with Crippen LogP contribution in [0.2, 0.25) is 0 Å². The van der Waals surface area contributed by atoms with Crippen molar-refractivity contribution in [2.24, 2.45) is 28.6 Å². The van der Waals surface area contributed by atoms with E-state index in [0.717, 1.165) is 19.3 Å². The second-order valence-electron chi connectivity index (χ2n) is 12.2. The number of hydrogen-bond donors (Lipinski definition) is 0. The zero-order chi connectivity index (χ0) is 29.5. The molecule has 38 heavy (non-hydrogen) atoms. The van der Waals surface area contributed by atoms with Gasteiger partial charge in [-0.1, -0.05) is 141 Å². The van der Waals surface area contributed by atoms with Crippen LogP contribution in [-0.4, -0.2) is 0 Å². The minimum Gasteiger partial charge on any atom is -0.119 e. The van der Waals surface area contributed by atoms with Crippen molar-refractivity contribution in [2.75, 3.05) is 0 Å². The molecule has 0 heteroatoms. The van der Waals surface area contributed by atoms with Gasteiger partial charge in [0.25, 0.3) is 0 Å². The summed E-state index contributed by atoms with van der Waals surface area (Å²) in [7, 11) is 0. The van der Waals surface area contributed by atoms with Gasteiger partial charge in [0, 0.05) is 0 Å². The standard InChI is InChI=1S/C23H28.C13H24.C2H6/c1-5-12-18(4)21-15-10-11-17-23(21)20(7-3)22-16-9-8-14-19(22)13-6-2;1-10(12(3,4)5)9-11(2)13(6,7)8;1-2/h3,5-6,10-14,16-18,20-21H,8-9,15H2,1-2,4H3;9H,1H2,2-8H3;1-2H3/b12-5?,13-6-;11-9+;. The Morgan fingerprint density at radius 3 is 2.13 bits per heavy atom. The van der Waals surface area contributed by atoms with E-state index >= 15 is 0 Å². The maximum atomic E-state index is 6.00. The van der Waals surface area contributed by atoms with Gasteiger partial charge in [0.2, 0.25) is 0 Å². The largest absolute Gasteiger partial charge is 0.119 e. The Morgan fingerprint density at radius 2 is 1.63 bits per heavy atom. The lowest BCUT2D eigenvalue weighted by molar-refractivity contribution is 0.463. The van der Waals surface area contributed by atoms with Crippen molar-refractivity contribution in [1.29, 1.82) is 0 Å². The van der Waals surface area contributed by atoms with Crippen molar-refractivity contribution in [3.8, 4) is 12.3 Å². The van der Waals surface area contributed by atoms with Crippen LogP contribution in [0, 0.1) is 40.9 Å². The van der Waals surface area contributed by atoms with Crippen LogP contribution >= 0.6 is 0 Å². The molecule has 0 bridgehead atoms. The van der Waals surface area contributed by atoms with Crippen molar-refractivity contribution >= 4 is 0 Å². The Bertz CT molecular complexity index is 990. The Hall–Kier alpha value is -2.52. The van der Waals surface area contributed by atoms with Gasteiger partial charge in [0.15, 0.2) is 0 Å². The highest BCUT2D eigenvalue weighted by Gasteiger charge is 2.29. The van der Waals surface area contributed by atoms with Crippen LogP contribution in [0.25, 0.3) is 0 Å². The highest BCUT2D eigenvalue weighted by atomic mass is 14.3. The summed E-state index contributed by atoms with van der Waals surface area (Å²) in [5, 5.41) is 0. The van der Waals surface area contributed by atoms with Crippen molar-refractivity contribution in [1.82, 2.24) is 0 Å². The van der Waals surface area contributed by atoms with E-state index in [-0.39, 0.29) is 16.7 Å². The van der Waals surface area contributed by atoms with Crippen LogP contribution < -0.4 is 0 Å². The molecule has 0 saturated heterocycles. The molecule has 210 valence electrons. The summed E-state index contributed by atoms with van der Waals surface area (Å²) in [6.45, 7) is 30.0. The number of rotatable bonds is 6. The molecule has 3 unspecified atom stereocenters. The van der Waals surface area contributed by atoms with E-state index in [1.807, 2.05) is 13.8 Å². The van der Waals surface area contributed by atoms with Crippen molar-refractivity contribution in [2.45, 2.75) is 102 Å². The van der Waals surface area contributed by atoms with Crippen molar-refractivity contribution < 1.29 is 0 Å². The molecular weight excluding hydrogens is 456 g/mol. The molecule has 0 aromatic heterocycles. The Balaban J connectivity index is 0.000000780. The SMILES string of the molecule is C#CC(C1=CCCC=C1/C=C\C)C1=CC=CCC1C(C)C=CC.C=C(/C=C(\C)C(C)(C)C)C(C)(C)C.CC. The van der Waals surface area contributed by atoms with Crippen LogP contribution in [0.5, 0.6) is 0 Å². The lowest BCUT2D eigenvalue weighted by Gasteiger charge is -2.31. The van der Waals surface area contributed by atoms with Gasteiger partial charge in [0.05, 0.1) is 5.92 Å². The molecule has 0 N–H and O–H groups in total. The van der Waals surface area contributed by atoms with Gasteiger partial charge in [-0.15, -0.1) is 6.42 Å². The number of hydrogen-bond acceptors (Lipinski definition) is 0. The maximum Gasteiger partial charge on any atom is 0.0668 e. The first-order chi connectivity index (χ1) is 17.8. The molecule has 3 atom stereocenters. The highest BCUT2D eigenvalue weighted by molar-refractivity contribution is 5.51. The number of terminal acetylenes is 1. The first-order valence-corrected chi connectivity index (χ1v) is 14.6.